The number of ether oxygens (including phenoxy) is 4. The maximum absolute atomic E-state index is 16.0. The fourth-order valence-corrected chi connectivity index (χ4v) is 9.83. The van der Waals surface area contributed by atoms with Gasteiger partial charge in [0.2, 0.25) is 6.43 Å². The van der Waals surface area contributed by atoms with Gasteiger partial charge in [0.25, 0.3) is 22.5 Å². The van der Waals surface area contributed by atoms with Crippen LogP contribution in [-0.2, 0) is 28.5 Å². The number of esters is 2. The Labute approximate surface area is 346 Å². The van der Waals surface area contributed by atoms with Gasteiger partial charge in [0.15, 0.2) is 12.2 Å². The van der Waals surface area contributed by atoms with E-state index in [1.54, 1.807) is 0 Å². The van der Waals surface area contributed by atoms with Crippen LogP contribution in [0.4, 0.5) is 132 Å². The molecule has 4 atom stereocenters. The molecule has 8 bridgehead atoms. The molecule has 0 heterocycles. The third-order valence-electron chi connectivity index (χ3n) is 13.0. The second-order valence-corrected chi connectivity index (χ2v) is 15.5. The van der Waals surface area contributed by atoms with Crippen LogP contribution in [-0.4, -0.2) is 154 Å². The van der Waals surface area contributed by atoms with E-state index in [0.717, 1.165) is 0 Å². The monoisotopic (exact) mass is 1050 g/mol. The number of hydrogen-bond donors (Lipinski definition) is 0. The Bertz CT molecular complexity index is 2040. The third kappa shape index (κ3) is 3.98. The molecule has 0 saturated heterocycles. The lowest BCUT2D eigenvalue weighted by Crippen LogP contribution is -3.10. The molecule has 0 aromatic rings. The first kappa shape index (κ1) is 52.6. The minimum Gasteiger partial charge on any atom is -0.453 e. The Kier molecular flexibility index (Phi) is 9.87. The summed E-state index contributed by atoms with van der Waals surface area (Å²) in [5.74, 6) is -104. The summed E-state index contributed by atoms with van der Waals surface area (Å²) in [6.07, 6.45) is -15.8. The predicted octanol–water partition coefficient (Wildman–Crippen LogP) is 8.89. The van der Waals surface area contributed by atoms with Gasteiger partial charge in [0.05, 0.1) is 13.2 Å². The molecule has 36 heteroatoms. The second-order valence-electron chi connectivity index (χ2n) is 15.5. The molecule has 67 heavy (non-hydrogen) atoms. The second kappa shape index (κ2) is 12.6. The molecule has 384 valence electrons. The Morgan fingerprint density at radius 2 is 0.612 bits per heavy atom. The number of alkyl halides is 30. The highest BCUT2D eigenvalue weighted by atomic mass is 19.4. The molecule has 8 saturated carbocycles. The largest absolute Gasteiger partial charge is 0.453 e. The Hall–Kier alpha value is -3.76. The Morgan fingerprint density at radius 1 is 0.388 bits per heavy atom. The quantitative estimate of drug-likeness (QED) is 0.111. The van der Waals surface area contributed by atoms with Crippen molar-refractivity contribution in [3.05, 3.63) is 25.3 Å². The lowest BCUT2D eigenvalue weighted by atomic mass is 9.38. The molecule has 8 aliphatic carbocycles. The lowest BCUT2D eigenvalue weighted by Gasteiger charge is -2.75. The van der Waals surface area contributed by atoms with E-state index in [1.807, 2.05) is 0 Å². The van der Waals surface area contributed by atoms with E-state index in [4.69, 9.17) is 0 Å². The van der Waals surface area contributed by atoms with Crippen LogP contribution in [0.5, 0.6) is 0 Å². The number of carbonyl (C=O) groups excluding carboxylic acids is 2. The molecular weight excluding hydrogens is 1040 g/mol. The smallest absolute Gasteiger partial charge is 0.339 e. The predicted molar refractivity (Wildman–Crippen MR) is 144 cm³/mol. The average Bonchev–Trinajstić information content (AvgIpc) is 3.17. The van der Waals surface area contributed by atoms with E-state index in [0.29, 0.717) is 0 Å². The molecule has 6 nitrogen and oxygen atoms in total. The molecule has 8 rings (SSSR count). The molecular formula is C31H14F30O6. The first-order valence-corrected chi connectivity index (χ1v) is 17.0. The van der Waals surface area contributed by atoms with Gasteiger partial charge in [-0.15, -0.1) is 0 Å². The van der Waals surface area contributed by atoms with Crippen molar-refractivity contribution in [2.75, 3.05) is 13.2 Å². The van der Waals surface area contributed by atoms with E-state index in [9.17, 15) is 44.7 Å². The summed E-state index contributed by atoms with van der Waals surface area (Å²) >= 11 is 0. The standard InChI is InChI=1S/C31H14F30O6/c1-3-9(62)66-7(5-64-19-23(44,45)13(34)11(12(32)33)14(35,24(19,46)47)22(42,43)15(36,21(13,40)41)28(19,54)55)8(67-10(63)4-2)6-65-20-29(56,57)16(37)25(48,49)17(38,30(20,58)59)27(52,53)18(39,26(16,50)51)31(20,60)61/h3-4,7-8,11-12H,1-2,5-6H2. The molecule has 0 spiro atoms. The molecule has 8 fully saturated rings. The molecule has 0 aromatic heterocycles. The van der Waals surface area contributed by atoms with Crippen molar-refractivity contribution in [2.45, 2.75) is 129 Å². The van der Waals surface area contributed by atoms with E-state index >= 15 is 96.6 Å². The first-order chi connectivity index (χ1) is 29.4. The summed E-state index contributed by atoms with van der Waals surface area (Å²) in [6, 6.07) is 0. The van der Waals surface area contributed by atoms with Crippen molar-refractivity contribution >= 4 is 11.9 Å². The lowest BCUT2D eigenvalue weighted by molar-refractivity contribution is -0.619. The summed E-state index contributed by atoms with van der Waals surface area (Å²) in [5, 5.41) is 0. The van der Waals surface area contributed by atoms with Crippen molar-refractivity contribution in [1.29, 1.82) is 0 Å². The fourth-order valence-electron chi connectivity index (χ4n) is 9.83. The van der Waals surface area contributed by atoms with Crippen LogP contribution in [0.2, 0.25) is 0 Å². The van der Waals surface area contributed by atoms with Crippen molar-refractivity contribution in [3.63, 3.8) is 0 Å². The first-order valence-electron chi connectivity index (χ1n) is 17.0. The minimum atomic E-state index is -8.53. The highest BCUT2D eigenvalue weighted by Gasteiger charge is 3.24. The summed E-state index contributed by atoms with van der Waals surface area (Å²) in [5.41, 5.74) is -65.4. The highest BCUT2D eigenvalue weighted by molar-refractivity contribution is 5.82. The fraction of sp³-hybridized carbons (Fsp3) is 0.806. The maximum atomic E-state index is 16.0. The summed E-state index contributed by atoms with van der Waals surface area (Å²) in [6.45, 7) is -2.66. The minimum absolute atomic E-state index is 0.463. The van der Waals surface area contributed by atoms with E-state index in [2.05, 4.69) is 32.1 Å². The Morgan fingerprint density at radius 3 is 0.836 bits per heavy atom. The van der Waals surface area contributed by atoms with Crippen LogP contribution < -0.4 is 0 Å². The van der Waals surface area contributed by atoms with E-state index in [1.165, 1.54) is 0 Å². The summed E-state index contributed by atoms with van der Waals surface area (Å²) < 4.78 is 477. The van der Waals surface area contributed by atoms with Gasteiger partial charge in [0, 0.05) is 12.2 Å². The number of rotatable bonds is 12. The zero-order chi connectivity index (χ0) is 52.6. The third-order valence-corrected chi connectivity index (χ3v) is 13.0. The molecule has 0 amide bonds. The van der Waals surface area contributed by atoms with Gasteiger partial charge in [0.1, 0.15) is 5.92 Å². The van der Waals surface area contributed by atoms with Crippen molar-refractivity contribution < 1.29 is 160 Å². The normalized spacial score (nSPS) is 45.5. The zero-order valence-electron chi connectivity index (χ0n) is 30.6. The van der Waals surface area contributed by atoms with Crippen molar-refractivity contribution in [3.8, 4) is 0 Å². The summed E-state index contributed by atoms with van der Waals surface area (Å²) in [4.78, 5) is 24.3. The topological polar surface area (TPSA) is 71.1 Å². The van der Waals surface area contributed by atoms with Gasteiger partial charge in [-0.25, -0.2) is 44.7 Å². The van der Waals surface area contributed by atoms with Gasteiger partial charge in [-0.2, -0.15) is 96.6 Å². The summed E-state index contributed by atoms with van der Waals surface area (Å²) in [7, 11) is 0. The van der Waals surface area contributed by atoms with Crippen molar-refractivity contribution in [2.24, 2.45) is 5.92 Å². The molecule has 8 aliphatic rings. The molecule has 0 aliphatic heterocycles. The number of halogens is 30. The van der Waals surface area contributed by atoms with Crippen LogP contribution in [0.1, 0.15) is 0 Å². The van der Waals surface area contributed by atoms with Crippen LogP contribution in [0.15, 0.2) is 25.3 Å². The van der Waals surface area contributed by atoms with Crippen LogP contribution >= 0.6 is 0 Å². The maximum Gasteiger partial charge on any atom is 0.339 e. The van der Waals surface area contributed by atoms with Gasteiger partial charge < -0.3 is 18.9 Å². The number of hydrogen-bond acceptors (Lipinski definition) is 6. The molecule has 0 radical (unpaired) electrons. The van der Waals surface area contributed by atoms with Crippen molar-refractivity contribution in [1.82, 2.24) is 0 Å². The Balaban J connectivity index is 1.59. The zero-order valence-corrected chi connectivity index (χ0v) is 30.6. The van der Waals surface area contributed by atoms with Gasteiger partial charge in [-0.1, -0.05) is 13.2 Å². The van der Waals surface area contributed by atoms with E-state index in [-0.39, 0.29) is 0 Å². The molecule has 4 unspecified atom stereocenters. The van der Waals surface area contributed by atoms with Crippen LogP contribution in [0.25, 0.3) is 0 Å². The number of carbonyl (C=O) groups is 2. The van der Waals surface area contributed by atoms with Gasteiger partial charge in [-0.05, 0) is 0 Å². The molecule has 0 aromatic carbocycles. The van der Waals surface area contributed by atoms with Crippen LogP contribution in [0.3, 0.4) is 0 Å². The van der Waals surface area contributed by atoms with Gasteiger partial charge in [-0.3, -0.25) is 0 Å². The van der Waals surface area contributed by atoms with E-state index < -0.39 is 172 Å². The molecule has 0 N–H and O–H groups in total. The van der Waals surface area contributed by atoms with Gasteiger partial charge >= 0.3 is 99.8 Å². The highest BCUT2D eigenvalue weighted by Crippen LogP contribution is 2.90. The SMILES string of the molecule is C=CC(=O)OC(COC12C(F)(F)C3(F)C(C(F)F)C(F)(C(F)(F)C(F)(C3(F)F)C1(F)F)C2(F)F)C(COC12C(F)(F)C3(F)C(F)(F)C(F)(C(F)(F)C(F)(C3(F)F)C1(F)F)C2(F)F)OC(=O)C=C. The average molecular weight is 1050 g/mol. The van der Waals surface area contributed by atoms with Crippen LogP contribution in [0, 0.1) is 5.92 Å².